The Morgan fingerprint density at radius 1 is 1.20 bits per heavy atom. The van der Waals surface area contributed by atoms with E-state index in [1.807, 2.05) is 6.07 Å². The normalized spacial score (nSPS) is 7.90. The molecule has 0 saturated carbocycles. The molecular formula is C8H13NO. The topological polar surface area (TPSA) is 46.2 Å². The Morgan fingerprint density at radius 2 is 1.70 bits per heavy atom. The van der Waals surface area contributed by atoms with Gasteiger partial charge in [0.15, 0.2) is 0 Å². The van der Waals surface area contributed by atoms with Gasteiger partial charge in [0.25, 0.3) is 0 Å². The van der Waals surface area contributed by atoms with Crippen LogP contribution in [0.15, 0.2) is 30.3 Å². The number of hydrogen-bond acceptors (Lipinski definition) is 2. The first kappa shape index (κ1) is 9.14. The van der Waals surface area contributed by atoms with Gasteiger partial charge in [-0.25, -0.2) is 5.90 Å². The molecule has 0 unspecified atom stereocenters. The number of benzene rings is 1. The smallest absolute Gasteiger partial charge is 0.0307 e. The minimum atomic E-state index is 1.14. The molecule has 1 aromatic rings. The summed E-state index contributed by atoms with van der Waals surface area (Å²) in [5.41, 5.74) is 1.41. The molecule has 0 spiro atoms. The summed E-state index contributed by atoms with van der Waals surface area (Å²) >= 11 is 0. The first-order chi connectivity index (χ1) is 4.93. The second kappa shape index (κ2) is 6.26. The van der Waals surface area contributed by atoms with Crippen LogP contribution in [-0.4, -0.2) is 5.21 Å². The maximum absolute atomic E-state index is 6.50. The van der Waals surface area contributed by atoms with E-state index in [4.69, 9.17) is 5.21 Å². The molecule has 0 fully saturated rings. The van der Waals surface area contributed by atoms with Crippen LogP contribution in [-0.2, 0) is 6.42 Å². The molecule has 0 radical (unpaired) electrons. The van der Waals surface area contributed by atoms with Crippen LogP contribution in [0.3, 0.4) is 0 Å². The first-order valence-corrected chi connectivity index (χ1v) is 3.23. The van der Waals surface area contributed by atoms with Crippen molar-refractivity contribution in [1.29, 1.82) is 0 Å². The molecular weight excluding hydrogens is 126 g/mol. The standard InChI is InChI=1S/C8H10.H3NO/c1-2-8-6-4-3-5-7-8;1-2/h3-7H,2H2,1H3;2H,1H2. The lowest BCUT2D eigenvalue weighted by Gasteiger charge is -1.89. The highest BCUT2D eigenvalue weighted by Crippen LogP contribution is 1.96. The molecule has 0 heterocycles. The third kappa shape index (κ3) is 3.22. The lowest BCUT2D eigenvalue weighted by molar-refractivity contribution is 0.311. The van der Waals surface area contributed by atoms with E-state index in [-0.39, 0.29) is 0 Å². The Bertz CT molecular complexity index is 151. The van der Waals surface area contributed by atoms with E-state index in [0.717, 1.165) is 6.42 Å². The lowest BCUT2D eigenvalue weighted by Crippen LogP contribution is -1.73. The third-order valence-electron chi connectivity index (χ3n) is 1.25. The molecule has 0 aromatic heterocycles. The predicted molar refractivity (Wildman–Crippen MR) is 41.8 cm³/mol. The van der Waals surface area contributed by atoms with Crippen LogP contribution >= 0.6 is 0 Å². The van der Waals surface area contributed by atoms with Gasteiger partial charge >= 0.3 is 0 Å². The van der Waals surface area contributed by atoms with Gasteiger partial charge in [0.2, 0.25) is 0 Å². The van der Waals surface area contributed by atoms with Gasteiger partial charge in [0.05, 0.1) is 0 Å². The van der Waals surface area contributed by atoms with E-state index in [0.29, 0.717) is 0 Å². The molecule has 56 valence electrons. The van der Waals surface area contributed by atoms with Gasteiger partial charge in [-0.3, -0.25) is 0 Å². The van der Waals surface area contributed by atoms with Crippen molar-refractivity contribution in [1.82, 2.24) is 0 Å². The van der Waals surface area contributed by atoms with Gasteiger partial charge in [-0.05, 0) is 12.0 Å². The molecule has 1 aromatic carbocycles. The molecule has 0 amide bonds. The van der Waals surface area contributed by atoms with Crippen molar-refractivity contribution in [3.8, 4) is 0 Å². The first-order valence-electron chi connectivity index (χ1n) is 3.23. The van der Waals surface area contributed by atoms with Gasteiger partial charge < -0.3 is 5.21 Å². The van der Waals surface area contributed by atoms with E-state index >= 15 is 0 Å². The number of hydrogen-bond donors (Lipinski definition) is 2. The van der Waals surface area contributed by atoms with Crippen molar-refractivity contribution in [2.75, 3.05) is 0 Å². The molecule has 10 heavy (non-hydrogen) atoms. The zero-order chi connectivity index (χ0) is 7.82. The Hall–Kier alpha value is -0.860. The van der Waals surface area contributed by atoms with Crippen molar-refractivity contribution in [2.45, 2.75) is 13.3 Å². The zero-order valence-corrected chi connectivity index (χ0v) is 6.12. The largest absolute Gasteiger partial charge is 0.320 e. The maximum atomic E-state index is 6.50. The van der Waals surface area contributed by atoms with E-state index < -0.39 is 0 Å². The summed E-state index contributed by atoms with van der Waals surface area (Å²) in [4.78, 5) is 0. The van der Waals surface area contributed by atoms with Gasteiger partial charge in [-0.2, -0.15) is 0 Å². The predicted octanol–water partition coefficient (Wildman–Crippen LogP) is 1.58. The van der Waals surface area contributed by atoms with Gasteiger partial charge in [0.1, 0.15) is 0 Å². The fraction of sp³-hybridized carbons (Fsp3) is 0.250. The zero-order valence-electron chi connectivity index (χ0n) is 6.12. The van der Waals surface area contributed by atoms with Crippen LogP contribution in [0.5, 0.6) is 0 Å². The van der Waals surface area contributed by atoms with Crippen molar-refractivity contribution in [3.63, 3.8) is 0 Å². The molecule has 2 nitrogen and oxygen atoms in total. The summed E-state index contributed by atoms with van der Waals surface area (Å²) in [7, 11) is 0. The fourth-order valence-electron chi connectivity index (χ4n) is 0.714. The minimum Gasteiger partial charge on any atom is -0.320 e. The number of aryl methyl sites for hydroxylation is 1. The summed E-state index contributed by atoms with van der Waals surface area (Å²) in [6.45, 7) is 2.16. The van der Waals surface area contributed by atoms with Crippen molar-refractivity contribution >= 4 is 0 Å². The SMILES string of the molecule is CCc1ccccc1.NO. The quantitative estimate of drug-likeness (QED) is 0.580. The Balaban J connectivity index is 0.000000371. The van der Waals surface area contributed by atoms with Gasteiger partial charge in [-0.15, -0.1) is 0 Å². The fourth-order valence-corrected chi connectivity index (χ4v) is 0.714. The summed E-state index contributed by atoms with van der Waals surface area (Å²) in [5.74, 6) is 3.50. The van der Waals surface area contributed by atoms with E-state index in [1.165, 1.54) is 5.56 Å². The lowest BCUT2D eigenvalue weighted by atomic mass is 10.2. The highest BCUT2D eigenvalue weighted by molar-refractivity contribution is 5.13. The molecule has 2 heteroatoms. The molecule has 0 saturated heterocycles. The van der Waals surface area contributed by atoms with Crippen LogP contribution in [0, 0.1) is 0 Å². The van der Waals surface area contributed by atoms with Crippen LogP contribution in [0.4, 0.5) is 0 Å². The summed E-state index contributed by atoms with van der Waals surface area (Å²) in [6.07, 6.45) is 1.14. The van der Waals surface area contributed by atoms with Crippen LogP contribution in [0.1, 0.15) is 12.5 Å². The Morgan fingerprint density at radius 3 is 2.00 bits per heavy atom. The Labute approximate surface area is 61.3 Å². The van der Waals surface area contributed by atoms with Crippen molar-refractivity contribution in [2.24, 2.45) is 5.90 Å². The van der Waals surface area contributed by atoms with Crippen LogP contribution < -0.4 is 5.90 Å². The van der Waals surface area contributed by atoms with Crippen molar-refractivity contribution in [3.05, 3.63) is 35.9 Å². The van der Waals surface area contributed by atoms with E-state index in [9.17, 15) is 0 Å². The average molecular weight is 139 g/mol. The molecule has 0 atom stereocenters. The molecule has 0 aliphatic rings. The Kier molecular flexibility index (Phi) is 5.72. The highest BCUT2D eigenvalue weighted by atomic mass is 16.4. The summed E-state index contributed by atoms with van der Waals surface area (Å²) < 4.78 is 0. The van der Waals surface area contributed by atoms with Gasteiger partial charge in [0, 0.05) is 0 Å². The van der Waals surface area contributed by atoms with Crippen LogP contribution in [0.25, 0.3) is 0 Å². The summed E-state index contributed by atoms with van der Waals surface area (Å²) in [6, 6.07) is 10.5. The highest BCUT2D eigenvalue weighted by Gasteiger charge is 1.79. The van der Waals surface area contributed by atoms with Crippen LogP contribution in [0.2, 0.25) is 0 Å². The average Bonchev–Trinajstić information content (AvgIpc) is 2.10. The molecule has 1 rings (SSSR count). The van der Waals surface area contributed by atoms with Crippen molar-refractivity contribution < 1.29 is 5.21 Å². The van der Waals surface area contributed by atoms with E-state index in [2.05, 4.69) is 37.1 Å². The molecule has 3 N–H and O–H groups in total. The second-order valence-electron chi connectivity index (χ2n) is 1.84. The molecule has 0 aliphatic carbocycles. The molecule has 0 aliphatic heterocycles. The number of nitrogens with two attached hydrogens (primary N) is 1. The number of rotatable bonds is 1. The minimum absolute atomic E-state index is 1.14. The second-order valence-corrected chi connectivity index (χ2v) is 1.84. The van der Waals surface area contributed by atoms with Gasteiger partial charge in [-0.1, -0.05) is 37.3 Å². The van der Waals surface area contributed by atoms with E-state index in [1.54, 1.807) is 0 Å². The monoisotopic (exact) mass is 139 g/mol. The third-order valence-corrected chi connectivity index (χ3v) is 1.25. The summed E-state index contributed by atoms with van der Waals surface area (Å²) in [5, 5.41) is 6.50. The molecule has 0 bridgehead atoms. The maximum Gasteiger partial charge on any atom is -0.0307 e.